The molecule has 1 atom stereocenters. The van der Waals surface area contributed by atoms with E-state index in [1.165, 1.54) is 19.3 Å². The zero-order valence-electron chi connectivity index (χ0n) is 15.9. The van der Waals surface area contributed by atoms with Gasteiger partial charge in [-0.25, -0.2) is 0 Å². The molecule has 3 rings (SSSR count). The Morgan fingerprint density at radius 2 is 2.04 bits per heavy atom. The average molecular weight is 378 g/mol. The zero-order chi connectivity index (χ0) is 19.9. The second-order valence-corrected chi connectivity index (χ2v) is 6.94. The summed E-state index contributed by atoms with van der Waals surface area (Å²) < 4.78 is 5.64. The third kappa shape index (κ3) is 5.02. The van der Waals surface area contributed by atoms with Gasteiger partial charge in [0.1, 0.15) is 5.75 Å². The van der Waals surface area contributed by atoms with Crippen LogP contribution < -0.4 is 20.5 Å². The van der Waals surface area contributed by atoms with Gasteiger partial charge in [-0.3, -0.25) is 0 Å². The Kier molecular flexibility index (Phi) is 6.51. The lowest BCUT2D eigenvalue weighted by atomic mass is 9.93. The number of nitriles is 1. The summed E-state index contributed by atoms with van der Waals surface area (Å²) in [5.41, 5.74) is 2.66. The fourth-order valence-electron chi connectivity index (χ4n) is 3.17. The molecule has 1 unspecified atom stereocenters. The normalized spacial score (nSPS) is 14.6. The molecule has 28 heavy (non-hydrogen) atoms. The van der Waals surface area contributed by atoms with Crippen molar-refractivity contribution in [2.75, 3.05) is 11.9 Å². The first-order valence-electron chi connectivity index (χ1n) is 9.56. The summed E-state index contributed by atoms with van der Waals surface area (Å²) in [7, 11) is 0. The topological polar surface area (TPSA) is 97.2 Å². The molecular formula is C22H24N3O3-. The second kappa shape index (κ2) is 9.25. The van der Waals surface area contributed by atoms with E-state index in [4.69, 9.17) is 10.00 Å². The van der Waals surface area contributed by atoms with Crippen molar-refractivity contribution in [3.8, 4) is 11.8 Å². The number of hydrogen-bond donors (Lipinski definition) is 2. The van der Waals surface area contributed by atoms with Gasteiger partial charge in [0.25, 0.3) is 0 Å². The smallest absolute Gasteiger partial charge is 0.119 e. The molecule has 1 fully saturated rings. The number of rotatable bonds is 9. The molecule has 0 aliphatic heterocycles. The van der Waals surface area contributed by atoms with E-state index in [0.717, 1.165) is 5.56 Å². The molecule has 2 aromatic rings. The fourth-order valence-corrected chi connectivity index (χ4v) is 3.17. The summed E-state index contributed by atoms with van der Waals surface area (Å²) in [5.74, 6) is -0.589. The lowest BCUT2D eigenvalue weighted by molar-refractivity contribution is -0.307. The number of carboxylic acid groups (broad SMARTS) is 1. The molecule has 0 aromatic heterocycles. The van der Waals surface area contributed by atoms with Crippen molar-refractivity contribution in [3.05, 3.63) is 59.2 Å². The molecule has 0 spiro atoms. The van der Waals surface area contributed by atoms with Gasteiger partial charge in [0.2, 0.25) is 0 Å². The Morgan fingerprint density at radius 1 is 1.29 bits per heavy atom. The van der Waals surface area contributed by atoms with E-state index in [2.05, 4.69) is 10.6 Å². The summed E-state index contributed by atoms with van der Waals surface area (Å²) in [6.07, 6.45) is 3.61. The van der Waals surface area contributed by atoms with Gasteiger partial charge in [-0.05, 0) is 67.3 Å². The summed E-state index contributed by atoms with van der Waals surface area (Å²) in [6.45, 7) is 3.05. The van der Waals surface area contributed by atoms with Crippen LogP contribution in [0.5, 0.6) is 5.75 Å². The number of nitrogens with one attached hydrogen (secondary N) is 2. The Hall–Kier alpha value is -3.04. The van der Waals surface area contributed by atoms with Gasteiger partial charge in [0, 0.05) is 18.3 Å². The average Bonchev–Trinajstić information content (AvgIpc) is 2.65. The van der Waals surface area contributed by atoms with E-state index in [1.807, 2.05) is 25.1 Å². The number of anilines is 1. The highest BCUT2D eigenvalue weighted by molar-refractivity contribution is 5.78. The van der Waals surface area contributed by atoms with E-state index < -0.39 is 12.0 Å². The maximum absolute atomic E-state index is 11.8. The van der Waals surface area contributed by atoms with Crippen LogP contribution in [0.3, 0.4) is 0 Å². The van der Waals surface area contributed by atoms with Crippen molar-refractivity contribution >= 4 is 11.7 Å². The van der Waals surface area contributed by atoms with Crippen molar-refractivity contribution < 1.29 is 14.6 Å². The molecule has 0 radical (unpaired) electrons. The molecule has 2 aromatic carbocycles. The van der Waals surface area contributed by atoms with Crippen molar-refractivity contribution in [2.45, 2.75) is 44.8 Å². The van der Waals surface area contributed by atoms with E-state index in [9.17, 15) is 9.90 Å². The number of ether oxygens (including phenoxy) is 1. The summed E-state index contributed by atoms with van der Waals surface area (Å²) in [6, 6.07) is 13.7. The Balaban J connectivity index is 1.83. The zero-order valence-corrected chi connectivity index (χ0v) is 15.9. The Labute approximate surface area is 165 Å². The quantitative estimate of drug-likeness (QED) is 0.696. The van der Waals surface area contributed by atoms with E-state index in [1.54, 1.807) is 30.3 Å². The first-order chi connectivity index (χ1) is 13.6. The minimum atomic E-state index is -1.23. The number of carboxylic acids is 1. The Morgan fingerprint density at radius 3 is 2.61 bits per heavy atom. The molecule has 0 amide bonds. The first kappa shape index (κ1) is 19.7. The minimum Gasteiger partial charge on any atom is -0.548 e. The molecule has 6 nitrogen and oxygen atoms in total. The third-order valence-corrected chi connectivity index (χ3v) is 4.89. The lowest BCUT2D eigenvalue weighted by Crippen LogP contribution is -2.35. The summed E-state index contributed by atoms with van der Waals surface area (Å²) in [5, 5.41) is 27.2. The molecule has 0 saturated heterocycles. The van der Waals surface area contributed by atoms with Crippen LogP contribution in [0.4, 0.5) is 5.69 Å². The SMILES string of the molecule is CCOc1cc(CNC2CCC2)cc(C(Nc2ccc(C#N)cc2)C(=O)[O-])c1. The van der Waals surface area contributed by atoms with Crippen LogP contribution in [0, 0.1) is 11.3 Å². The molecule has 1 aliphatic carbocycles. The van der Waals surface area contributed by atoms with Crippen LogP contribution in [0.2, 0.25) is 0 Å². The molecule has 1 aliphatic rings. The predicted octanol–water partition coefficient (Wildman–Crippen LogP) is 2.50. The van der Waals surface area contributed by atoms with Gasteiger partial charge in [-0.1, -0.05) is 12.5 Å². The minimum absolute atomic E-state index is 0.498. The van der Waals surface area contributed by atoms with Gasteiger partial charge in [-0.2, -0.15) is 5.26 Å². The number of benzene rings is 2. The molecule has 0 heterocycles. The molecule has 1 saturated carbocycles. The highest BCUT2D eigenvalue weighted by Crippen LogP contribution is 2.26. The van der Waals surface area contributed by atoms with E-state index in [0.29, 0.717) is 41.8 Å². The van der Waals surface area contributed by atoms with Crippen LogP contribution in [-0.4, -0.2) is 18.6 Å². The number of hydrogen-bond acceptors (Lipinski definition) is 6. The second-order valence-electron chi connectivity index (χ2n) is 6.94. The largest absolute Gasteiger partial charge is 0.548 e. The van der Waals surface area contributed by atoms with Gasteiger partial charge in [0.05, 0.1) is 30.3 Å². The third-order valence-electron chi connectivity index (χ3n) is 4.89. The van der Waals surface area contributed by atoms with Crippen LogP contribution in [0.15, 0.2) is 42.5 Å². The van der Waals surface area contributed by atoms with Crippen LogP contribution in [-0.2, 0) is 11.3 Å². The lowest BCUT2D eigenvalue weighted by Gasteiger charge is -2.27. The molecule has 0 bridgehead atoms. The molecular weight excluding hydrogens is 354 g/mol. The number of carbonyl (C=O) groups excluding carboxylic acids is 1. The number of carbonyl (C=O) groups is 1. The molecule has 146 valence electrons. The molecule has 2 N–H and O–H groups in total. The fraction of sp³-hybridized carbons (Fsp3) is 0.364. The maximum atomic E-state index is 11.8. The van der Waals surface area contributed by atoms with Gasteiger partial charge in [-0.15, -0.1) is 0 Å². The maximum Gasteiger partial charge on any atom is 0.119 e. The highest BCUT2D eigenvalue weighted by Gasteiger charge is 2.18. The van der Waals surface area contributed by atoms with Crippen LogP contribution in [0.25, 0.3) is 0 Å². The van der Waals surface area contributed by atoms with Gasteiger partial charge < -0.3 is 25.3 Å². The summed E-state index contributed by atoms with van der Waals surface area (Å²) in [4.78, 5) is 11.8. The van der Waals surface area contributed by atoms with E-state index >= 15 is 0 Å². The van der Waals surface area contributed by atoms with Crippen LogP contribution >= 0.6 is 0 Å². The number of nitrogens with zero attached hydrogens (tertiary/aromatic N) is 1. The van der Waals surface area contributed by atoms with Crippen molar-refractivity contribution in [1.29, 1.82) is 5.26 Å². The highest BCUT2D eigenvalue weighted by atomic mass is 16.5. The monoisotopic (exact) mass is 378 g/mol. The van der Waals surface area contributed by atoms with Crippen molar-refractivity contribution in [1.82, 2.24) is 5.32 Å². The van der Waals surface area contributed by atoms with Gasteiger partial charge in [0.15, 0.2) is 0 Å². The summed E-state index contributed by atoms with van der Waals surface area (Å²) >= 11 is 0. The Bertz CT molecular complexity index is 854. The first-order valence-corrected chi connectivity index (χ1v) is 9.56. The van der Waals surface area contributed by atoms with E-state index in [-0.39, 0.29) is 0 Å². The number of aliphatic carboxylic acids is 1. The molecule has 6 heteroatoms. The van der Waals surface area contributed by atoms with Crippen molar-refractivity contribution in [3.63, 3.8) is 0 Å². The van der Waals surface area contributed by atoms with Crippen molar-refractivity contribution in [2.24, 2.45) is 0 Å². The van der Waals surface area contributed by atoms with Gasteiger partial charge >= 0.3 is 0 Å². The van der Waals surface area contributed by atoms with Crippen LogP contribution in [0.1, 0.15) is 48.9 Å². The standard InChI is InChI=1S/C22H25N3O3/c1-2-28-20-11-16(14-24-18-4-3-5-18)10-17(12-20)21(22(26)27)25-19-8-6-15(13-23)7-9-19/h6-12,18,21,24-25H,2-5,14H2,1H3,(H,26,27)/p-1. The predicted molar refractivity (Wildman–Crippen MR) is 105 cm³/mol.